The molecule has 1 aromatic carbocycles. The fraction of sp³-hybridized carbons (Fsp3) is 0.794. The molecule has 1 nitrogen and oxygen atoms in total. The topological polar surface area (TPSA) is 3.01 Å². The Balaban J connectivity index is 2.10. The quantitative estimate of drug-likeness (QED) is 0.0698. The smallest absolute Gasteiger partial charge is 0.203 e. The Morgan fingerprint density at radius 3 is 1.26 bits per heavy atom. The maximum atomic E-state index is 2.53. The lowest BCUT2D eigenvalue weighted by Crippen LogP contribution is -2.09. The molecule has 0 atom stereocenters. The third-order valence-electron chi connectivity index (χ3n) is 7.50. The van der Waals surface area contributed by atoms with Gasteiger partial charge in [-0.1, -0.05) is 160 Å². The lowest BCUT2D eigenvalue weighted by molar-refractivity contribution is -0.437. The van der Waals surface area contributed by atoms with Crippen molar-refractivity contribution in [3.8, 4) is 0 Å². The number of benzene rings is 1. The van der Waals surface area contributed by atoms with Crippen molar-refractivity contribution in [3.05, 3.63) is 30.3 Å². The zero-order chi connectivity index (χ0) is 25.1. The van der Waals surface area contributed by atoms with Crippen molar-refractivity contribution in [3.63, 3.8) is 0 Å². The maximum Gasteiger partial charge on any atom is 0.204 e. The second-order valence-electron chi connectivity index (χ2n) is 10.9. The van der Waals surface area contributed by atoms with Gasteiger partial charge in [-0.3, -0.25) is 0 Å². The van der Waals surface area contributed by atoms with E-state index >= 15 is 0 Å². The van der Waals surface area contributed by atoms with Crippen molar-refractivity contribution in [1.82, 2.24) is 0 Å². The summed E-state index contributed by atoms with van der Waals surface area (Å²) in [6.07, 6.45) is 36.4. The minimum Gasteiger partial charge on any atom is -0.203 e. The summed E-state index contributed by atoms with van der Waals surface area (Å²) in [6.45, 7) is 5.78. The molecule has 0 aliphatic rings. The summed E-state index contributed by atoms with van der Waals surface area (Å²) in [5.74, 6) is 0. The molecule has 0 unspecified atom stereocenters. The normalized spacial score (nSPS) is 11.9. The number of nitrogens with zero attached hydrogens (tertiary/aromatic N) is 1. The van der Waals surface area contributed by atoms with Gasteiger partial charge in [0.05, 0.1) is 0 Å². The van der Waals surface area contributed by atoms with Crippen LogP contribution in [-0.4, -0.2) is 17.3 Å². The van der Waals surface area contributed by atoms with E-state index in [9.17, 15) is 0 Å². The van der Waals surface area contributed by atoms with Crippen molar-refractivity contribution in [2.24, 2.45) is 0 Å². The van der Waals surface area contributed by atoms with E-state index < -0.39 is 0 Å². The molecule has 1 heteroatoms. The van der Waals surface area contributed by atoms with Gasteiger partial charge >= 0.3 is 0 Å². The highest BCUT2D eigenvalue weighted by Gasteiger charge is 2.08. The predicted octanol–water partition coefficient (Wildman–Crippen LogP) is 11.8. The Morgan fingerprint density at radius 2 is 0.829 bits per heavy atom. The van der Waals surface area contributed by atoms with E-state index in [1.54, 1.807) is 0 Å². The van der Waals surface area contributed by atoms with Gasteiger partial charge in [-0.15, -0.1) is 0 Å². The van der Waals surface area contributed by atoms with E-state index in [2.05, 4.69) is 55.0 Å². The molecule has 1 rings (SSSR count). The number of rotatable bonds is 26. The molecule has 0 radical (unpaired) electrons. The summed E-state index contributed by atoms with van der Waals surface area (Å²) in [4.78, 5) is 0. The lowest BCUT2D eigenvalue weighted by Gasteiger charge is -2.05. The van der Waals surface area contributed by atoms with Gasteiger partial charge in [-0.05, 0) is 12.8 Å². The van der Waals surface area contributed by atoms with Gasteiger partial charge in [0.25, 0.3) is 0 Å². The highest BCUT2D eigenvalue weighted by molar-refractivity contribution is 5.53. The first-order valence-corrected chi connectivity index (χ1v) is 16.0. The molecule has 0 spiro atoms. The second-order valence-corrected chi connectivity index (χ2v) is 10.9. The molecule has 0 amide bonds. The Kier molecular flexibility index (Phi) is 23.7. The molecule has 0 heterocycles. The summed E-state index contributed by atoms with van der Waals surface area (Å²) < 4.78 is 2.53. The standard InChI is InChI=1S/C34H62N/c1-3-5-7-9-11-13-15-17-19-21-23-28-32-35(34-30-26-25-27-31-34)33-29-24-22-20-18-16-14-12-10-8-6-4-2/h25-27,30-32H,3-24,28-29,33H2,1-2H3/q+1. The fourth-order valence-electron chi connectivity index (χ4n) is 5.12. The van der Waals surface area contributed by atoms with Crippen LogP contribution in [0.15, 0.2) is 30.3 Å². The number of hydrogen-bond donors (Lipinski definition) is 0. The largest absolute Gasteiger partial charge is 0.204 e. The molecule has 0 saturated heterocycles. The van der Waals surface area contributed by atoms with Gasteiger partial charge in [0.2, 0.25) is 5.69 Å². The van der Waals surface area contributed by atoms with E-state index in [4.69, 9.17) is 0 Å². The van der Waals surface area contributed by atoms with Crippen molar-refractivity contribution < 1.29 is 4.58 Å². The zero-order valence-electron chi connectivity index (χ0n) is 24.1. The van der Waals surface area contributed by atoms with Crippen molar-refractivity contribution in [1.29, 1.82) is 0 Å². The maximum absolute atomic E-state index is 2.53. The minimum atomic E-state index is 1.18. The van der Waals surface area contributed by atoms with E-state index in [0.29, 0.717) is 0 Å². The van der Waals surface area contributed by atoms with E-state index in [1.165, 1.54) is 166 Å². The van der Waals surface area contributed by atoms with Crippen LogP contribution >= 0.6 is 0 Å². The lowest BCUT2D eigenvalue weighted by atomic mass is 10.1. The Labute approximate surface area is 221 Å². The van der Waals surface area contributed by atoms with Gasteiger partial charge in [0.15, 0.2) is 0 Å². The van der Waals surface area contributed by atoms with Crippen molar-refractivity contribution in [2.75, 3.05) is 6.54 Å². The Bertz CT molecular complexity index is 561. The van der Waals surface area contributed by atoms with E-state index in [-0.39, 0.29) is 0 Å². The summed E-state index contributed by atoms with van der Waals surface area (Å²) >= 11 is 0. The van der Waals surface area contributed by atoms with E-state index in [1.807, 2.05) is 0 Å². The second kappa shape index (κ2) is 26.0. The molecular formula is C34H62N+. The molecule has 0 saturated carbocycles. The average Bonchev–Trinajstić information content (AvgIpc) is 2.89. The summed E-state index contributed by atoms with van der Waals surface area (Å²) in [5, 5.41) is 0. The van der Waals surface area contributed by atoms with Crippen molar-refractivity contribution in [2.45, 2.75) is 168 Å². The summed E-state index contributed by atoms with van der Waals surface area (Å²) in [6, 6.07) is 11.0. The van der Waals surface area contributed by atoms with Crippen LogP contribution in [0.5, 0.6) is 0 Å². The van der Waals surface area contributed by atoms with Gasteiger partial charge in [0.1, 0.15) is 12.8 Å². The molecular weight excluding hydrogens is 422 g/mol. The molecule has 1 aromatic rings. The third-order valence-corrected chi connectivity index (χ3v) is 7.50. The Morgan fingerprint density at radius 1 is 0.457 bits per heavy atom. The minimum absolute atomic E-state index is 1.18. The van der Waals surface area contributed by atoms with Gasteiger partial charge < -0.3 is 0 Å². The molecule has 0 N–H and O–H groups in total. The van der Waals surface area contributed by atoms with Crippen LogP contribution < -0.4 is 0 Å². The molecule has 0 bridgehead atoms. The molecule has 0 aromatic heterocycles. The SMILES string of the molecule is CCCCCCCCCCCCCC=[N+](CCCCCCCCCCCCCC)c1ccccc1. The summed E-state index contributed by atoms with van der Waals surface area (Å²) in [5.41, 5.74) is 1.37. The number of hydrogen-bond acceptors (Lipinski definition) is 0. The highest BCUT2D eigenvalue weighted by atomic mass is 15.0. The van der Waals surface area contributed by atoms with Crippen molar-refractivity contribution >= 4 is 11.9 Å². The predicted molar refractivity (Wildman–Crippen MR) is 159 cm³/mol. The Hall–Kier alpha value is -1.11. The van der Waals surface area contributed by atoms with Crippen LogP contribution in [0.2, 0.25) is 0 Å². The third kappa shape index (κ3) is 20.8. The van der Waals surface area contributed by atoms with E-state index in [0.717, 1.165) is 0 Å². The fourth-order valence-corrected chi connectivity index (χ4v) is 5.12. The molecule has 202 valence electrons. The first kappa shape index (κ1) is 31.9. The number of para-hydroxylation sites is 1. The monoisotopic (exact) mass is 484 g/mol. The van der Waals surface area contributed by atoms with Crippen LogP contribution in [0, 0.1) is 0 Å². The summed E-state index contributed by atoms with van der Waals surface area (Å²) in [7, 11) is 0. The number of unbranched alkanes of at least 4 members (excludes halogenated alkanes) is 22. The van der Waals surface area contributed by atoms with Gasteiger partial charge in [0, 0.05) is 25.0 Å². The first-order valence-electron chi connectivity index (χ1n) is 16.0. The van der Waals surface area contributed by atoms with Crippen LogP contribution in [0.25, 0.3) is 0 Å². The molecule has 35 heavy (non-hydrogen) atoms. The molecule has 0 fully saturated rings. The van der Waals surface area contributed by atoms with Crippen LogP contribution in [0.3, 0.4) is 0 Å². The van der Waals surface area contributed by atoms with Crippen LogP contribution in [0.4, 0.5) is 5.69 Å². The first-order chi connectivity index (χ1) is 17.4. The highest BCUT2D eigenvalue weighted by Crippen LogP contribution is 2.15. The van der Waals surface area contributed by atoms with Crippen LogP contribution in [0.1, 0.15) is 168 Å². The van der Waals surface area contributed by atoms with Gasteiger partial charge in [-0.25, -0.2) is 4.58 Å². The zero-order valence-corrected chi connectivity index (χ0v) is 24.1. The average molecular weight is 485 g/mol. The van der Waals surface area contributed by atoms with Gasteiger partial charge in [-0.2, -0.15) is 0 Å². The molecule has 0 aliphatic carbocycles. The van der Waals surface area contributed by atoms with Crippen LogP contribution in [-0.2, 0) is 0 Å². The molecule has 0 aliphatic heterocycles.